The first kappa shape index (κ1) is 59.5. The molecule has 1 heterocycles. The lowest BCUT2D eigenvalue weighted by molar-refractivity contribution is -0.258. The van der Waals surface area contributed by atoms with Crippen molar-refractivity contribution >= 4 is 28.5 Å². The van der Waals surface area contributed by atoms with Crippen LogP contribution in [-0.2, 0) is 20.9 Å². The monoisotopic (exact) mass is 1030 g/mol. The van der Waals surface area contributed by atoms with E-state index in [1.165, 1.54) is 89.9 Å². The Morgan fingerprint density at radius 1 is 0.787 bits per heavy atom. The lowest BCUT2D eigenvalue weighted by Gasteiger charge is -2.60. The third-order valence-electron chi connectivity index (χ3n) is 16.3. The number of rotatable bonds is 37. The molecule has 0 saturated heterocycles. The predicted octanol–water partition coefficient (Wildman–Crippen LogP) is 15.1. The summed E-state index contributed by atoms with van der Waals surface area (Å²) >= 11 is 0. The van der Waals surface area contributed by atoms with Crippen molar-refractivity contribution in [3.8, 4) is 11.5 Å². The highest BCUT2D eigenvalue weighted by Gasteiger charge is 2.65. The SMILES string of the molecule is C=CCOC12Oc3ccc(OC(=O)NCCCCCCCCCCCC)cc3C3C(CCCCO)C(CCCCO)C=C(C(=NOC)CC1N(Cc1cccc4ccccc14)C(=O)CCCCCCCCCCC)C32. The van der Waals surface area contributed by atoms with E-state index < -0.39 is 23.8 Å². The summed E-state index contributed by atoms with van der Waals surface area (Å²) in [4.78, 5) is 36.7. The van der Waals surface area contributed by atoms with Crippen LogP contribution in [-0.4, -0.2) is 78.1 Å². The van der Waals surface area contributed by atoms with E-state index >= 15 is 4.79 Å². The van der Waals surface area contributed by atoms with E-state index in [1.807, 2.05) is 23.1 Å². The molecule has 0 radical (unpaired) electrons. The van der Waals surface area contributed by atoms with Gasteiger partial charge in [-0.05, 0) is 90.5 Å². The van der Waals surface area contributed by atoms with Gasteiger partial charge in [-0.2, -0.15) is 0 Å². The van der Waals surface area contributed by atoms with Crippen molar-refractivity contribution in [2.45, 2.75) is 212 Å². The summed E-state index contributed by atoms with van der Waals surface area (Å²) in [7, 11) is 1.58. The molecule has 3 aromatic carbocycles. The Bertz CT molecular complexity index is 2240. The topological polar surface area (TPSA) is 139 Å². The number of carbonyl (C=O) groups excluding carboxylic acids is 2. The Hall–Kier alpha value is -4.71. The van der Waals surface area contributed by atoms with Crippen LogP contribution < -0.4 is 14.8 Å². The standard InChI is InChI=1S/C64H95N3O8/c1-5-8-10-12-14-16-18-20-22-28-41-65-63(71)74-52-39-40-58-56(46-52)61-54(37-27-30-43-69)50(33-26-29-42-68)45-55-57(66-72-4)47-59(64(75-58,62(55)61)73-44-7-3)67(48-51-35-31-34-49-32-24-25-36-53(49)51)60(70)38-23-21-19-17-15-13-11-9-6-2/h7,24-25,31-32,34-36,39-40,45-46,50,54,59,61-62,68-69H,3,5-6,8-23,26-30,33,37-38,41-44,47-48H2,1-2,4H3,(H,65,71). The molecule has 414 valence electrons. The van der Waals surface area contributed by atoms with Gasteiger partial charge in [0.2, 0.25) is 11.7 Å². The Labute approximate surface area is 451 Å². The van der Waals surface area contributed by atoms with Crippen LogP contribution in [0, 0.1) is 17.8 Å². The fourth-order valence-electron chi connectivity index (χ4n) is 12.5. The molecule has 3 aliphatic rings. The minimum absolute atomic E-state index is 0.0329. The first-order chi connectivity index (χ1) is 36.8. The van der Waals surface area contributed by atoms with Crippen LogP contribution in [0.2, 0.25) is 0 Å². The maximum atomic E-state index is 15.4. The fraction of sp³-hybridized carbons (Fsp3) is 0.641. The smallest absolute Gasteiger partial charge is 0.412 e. The van der Waals surface area contributed by atoms with Crippen LogP contribution in [0.4, 0.5) is 4.79 Å². The first-order valence-electron chi connectivity index (χ1n) is 29.7. The molecule has 0 bridgehead atoms. The number of benzene rings is 3. The van der Waals surface area contributed by atoms with Gasteiger partial charge in [0.25, 0.3) is 0 Å². The average Bonchev–Trinajstić information content (AvgIpc) is 3.44. The third kappa shape index (κ3) is 16.9. The number of allylic oxidation sites excluding steroid dienone is 1. The molecule has 0 aromatic heterocycles. The van der Waals surface area contributed by atoms with Crippen LogP contribution in [0.3, 0.4) is 0 Å². The van der Waals surface area contributed by atoms with Crippen molar-refractivity contribution in [2.75, 3.05) is 33.5 Å². The molecule has 3 aromatic rings. The number of carbonyl (C=O) groups is 2. The second kappa shape index (κ2) is 32.8. The predicted molar refractivity (Wildman–Crippen MR) is 304 cm³/mol. The zero-order chi connectivity index (χ0) is 53.1. The maximum Gasteiger partial charge on any atom is 0.412 e. The summed E-state index contributed by atoms with van der Waals surface area (Å²) < 4.78 is 20.9. The van der Waals surface area contributed by atoms with Crippen LogP contribution in [0.25, 0.3) is 10.8 Å². The Morgan fingerprint density at radius 2 is 1.43 bits per heavy atom. The highest BCUT2D eigenvalue weighted by Crippen LogP contribution is 2.62. The van der Waals surface area contributed by atoms with Gasteiger partial charge in [0, 0.05) is 50.6 Å². The van der Waals surface area contributed by atoms with Gasteiger partial charge in [-0.25, -0.2) is 4.79 Å². The van der Waals surface area contributed by atoms with Gasteiger partial charge in [-0.15, -0.1) is 6.58 Å². The first-order valence-corrected chi connectivity index (χ1v) is 29.7. The van der Waals surface area contributed by atoms with E-state index in [1.54, 1.807) is 19.3 Å². The summed E-state index contributed by atoms with van der Waals surface area (Å²) in [6, 6.07) is 19.7. The van der Waals surface area contributed by atoms with Crippen molar-refractivity contribution in [1.29, 1.82) is 0 Å². The van der Waals surface area contributed by atoms with Crippen molar-refractivity contribution in [2.24, 2.45) is 22.9 Å². The second-order valence-corrected chi connectivity index (χ2v) is 21.7. The lowest BCUT2D eigenvalue weighted by atomic mass is 9.55. The number of oxime groups is 1. The van der Waals surface area contributed by atoms with Crippen LogP contribution in [0.1, 0.15) is 204 Å². The zero-order valence-corrected chi connectivity index (χ0v) is 46.4. The van der Waals surface area contributed by atoms with Crippen molar-refractivity contribution < 1.29 is 38.9 Å². The Balaban J connectivity index is 1.38. The number of hydrogen-bond donors (Lipinski definition) is 3. The lowest BCUT2D eigenvalue weighted by Crippen LogP contribution is -2.70. The number of hydrogen-bond acceptors (Lipinski definition) is 9. The minimum atomic E-state index is -1.40. The highest BCUT2D eigenvalue weighted by atomic mass is 16.7. The molecule has 2 aliphatic carbocycles. The van der Waals surface area contributed by atoms with Gasteiger partial charge in [0.15, 0.2) is 0 Å². The summed E-state index contributed by atoms with van der Waals surface area (Å²) in [5, 5.41) is 30.1. The largest absolute Gasteiger partial charge is 0.459 e. The molecule has 1 saturated carbocycles. The number of ether oxygens (including phenoxy) is 3. The van der Waals surface area contributed by atoms with E-state index in [2.05, 4.69) is 68.2 Å². The van der Waals surface area contributed by atoms with Gasteiger partial charge < -0.3 is 39.5 Å². The highest BCUT2D eigenvalue weighted by molar-refractivity contribution is 6.03. The molecule has 6 rings (SSSR count). The molecule has 3 N–H and O–H groups in total. The Kier molecular flexibility index (Phi) is 26.0. The number of nitrogens with one attached hydrogen (secondary N) is 1. The van der Waals surface area contributed by atoms with Gasteiger partial charge >= 0.3 is 6.09 Å². The normalized spacial score (nSPS) is 21.2. The van der Waals surface area contributed by atoms with E-state index in [-0.39, 0.29) is 43.5 Å². The molecule has 75 heavy (non-hydrogen) atoms. The molecular formula is C64H95N3O8. The van der Waals surface area contributed by atoms with Crippen LogP contribution >= 0.6 is 0 Å². The summed E-state index contributed by atoms with van der Waals surface area (Å²) in [6.07, 6.45) is 31.5. The number of nitrogens with zero attached hydrogens (tertiary/aromatic N) is 2. The third-order valence-corrected chi connectivity index (χ3v) is 16.3. The van der Waals surface area contributed by atoms with Crippen molar-refractivity contribution in [3.63, 3.8) is 0 Å². The van der Waals surface area contributed by atoms with Gasteiger partial charge in [-0.3, -0.25) is 4.79 Å². The van der Waals surface area contributed by atoms with Gasteiger partial charge in [-0.1, -0.05) is 196 Å². The van der Waals surface area contributed by atoms with E-state index in [0.29, 0.717) is 50.3 Å². The van der Waals surface area contributed by atoms with E-state index in [9.17, 15) is 15.0 Å². The molecule has 11 heteroatoms. The Morgan fingerprint density at radius 3 is 2.09 bits per heavy atom. The average molecular weight is 1030 g/mol. The zero-order valence-electron chi connectivity index (χ0n) is 46.4. The summed E-state index contributed by atoms with van der Waals surface area (Å²) in [6.45, 7) is 9.88. The summed E-state index contributed by atoms with van der Waals surface area (Å²) in [5.74, 6) is -0.928. The number of aliphatic hydroxyl groups is 2. The van der Waals surface area contributed by atoms with Crippen LogP contribution in [0.15, 0.2) is 90.1 Å². The van der Waals surface area contributed by atoms with Crippen LogP contribution in [0.5, 0.6) is 11.5 Å². The number of unbranched alkanes of at least 4 members (excludes halogenated alkanes) is 19. The molecule has 2 amide bonds. The molecule has 0 spiro atoms. The van der Waals surface area contributed by atoms with Gasteiger partial charge in [0.05, 0.1) is 18.2 Å². The molecule has 6 unspecified atom stereocenters. The maximum absolute atomic E-state index is 15.4. The van der Waals surface area contributed by atoms with Gasteiger partial charge in [0.1, 0.15) is 24.7 Å². The fourth-order valence-corrected chi connectivity index (χ4v) is 12.5. The number of aliphatic hydroxyl groups excluding tert-OH is 2. The summed E-state index contributed by atoms with van der Waals surface area (Å²) in [5.41, 5.74) is 3.66. The van der Waals surface area contributed by atoms with E-state index in [4.69, 9.17) is 24.2 Å². The molecule has 11 nitrogen and oxygen atoms in total. The molecule has 6 atom stereocenters. The molecule has 1 aliphatic heterocycles. The van der Waals surface area contributed by atoms with Crippen molar-refractivity contribution in [1.82, 2.24) is 10.2 Å². The molecular weight excluding hydrogens is 939 g/mol. The molecule has 1 fully saturated rings. The van der Waals surface area contributed by atoms with E-state index in [0.717, 1.165) is 91.0 Å². The second-order valence-electron chi connectivity index (χ2n) is 21.7. The van der Waals surface area contributed by atoms with Crippen molar-refractivity contribution in [3.05, 3.63) is 96.1 Å². The quantitative estimate of drug-likeness (QED) is 0.0295. The number of fused-ring (bicyclic) bond motifs is 3. The number of amides is 2. The minimum Gasteiger partial charge on any atom is -0.459 e.